The molecule has 114 valence electrons. The minimum atomic E-state index is -0.581. The molecule has 0 aliphatic carbocycles. The van der Waals surface area contributed by atoms with Crippen molar-refractivity contribution in [3.8, 4) is 11.4 Å². The van der Waals surface area contributed by atoms with E-state index in [4.69, 9.17) is 11.6 Å². The van der Waals surface area contributed by atoms with E-state index in [9.17, 15) is 9.18 Å². The highest BCUT2D eigenvalue weighted by atomic mass is 35.5. The average molecular weight is 329 g/mol. The lowest BCUT2D eigenvalue weighted by Crippen LogP contribution is -2.13. The number of carbonyl (C=O) groups is 1. The summed E-state index contributed by atoms with van der Waals surface area (Å²) in [5.41, 5.74) is 1.50. The molecule has 1 amide bonds. The van der Waals surface area contributed by atoms with Crippen LogP contribution in [-0.4, -0.2) is 20.9 Å². The van der Waals surface area contributed by atoms with Crippen LogP contribution in [0.2, 0.25) is 5.02 Å². The summed E-state index contributed by atoms with van der Waals surface area (Å²) in [7, 11) is 0. The molecule has 0 unspecified atom stereocenters. The smallest absolute Gasteiger partial charge is 0.256 e. The third-order valence-corrected chi connectivity index (χ3v) is 3.29. The predicted octanol–water partition coefficient (Wildman–Crippen LogP) is 3.58. The first kappa shape index (κ1) is 15.1. The fourth-order valence-electron chi connectivity index (χ4n) is 1.86. The molecule has 3 aromatic rings. The van der Waals surface area contributed by atoms with E-state index in [0.29, 0.717) is 11.4 Å². The first-order valence-electron chi connectivity index (χ1n) is 6.63. The summed E-state index contributed by atoms with van der Waals surface area (Å²) >= 11 is 5.66. The minimum absolute atomic E-state index is 0.116. The fourth-order valence-corrected chi connectivity index (χ4v) is 2.05. The van der Waals surface area contributed by atoms with Gasteiger partial charge in [-0.3, -0.25) is 9.78 Å². The van der Waals surface area contributed by atoms with E-state index in [1.807, 2.05) is 12.1 Å². The molecule has 2 aromatic heterocycles. The molecule has 0 aliphatic heterocycles. The van der Waals surface area contributed by atoms with E-state index >= 15 is 0 Å². The van der Waals surface area contributed by atoms with Gasteiger partial charge in [-0.1, -0.05) is 17.7 Å². The molecule has 0 fully saturated rings. The van der Waals surface area contributed by atoms with Gasteiger partial charge in [0.25, 0.3) is 5.91 Å². The Bertz CT molecular complexity index is 840. The second-order valence-electron chi connectivity index (χ2n) is 4.58. The number of benzene rings is 1. The third-order valence-electron chi connectivity index (χ3n) is 3.00. The van der Waals surface area contributed by atoms with Crippen molar-refractivity contribution in [1.29, 1.82) is 0 Å². The number of aromatic nitrogens is 3. The topological polar surface area (TPSA) is 67.8 Å². The van der Waals surface area contributed by atoms with E-state index in [-0.39, 0.29) is 16.4 Å². The van der Waals surface area contributed by atoms with Crippen molar-refractivity contribution >= 4 is 23.3 Å². The molecule has 0 spiro atoms. The predicted molar refractivity (Wildman–Crippen MR) is 84.6 cm³/mol. The zero-order valence-electron chi connectivity index (χ0n) is 11.7. The molecule has 2 heterocycles. The molecule has 23 heavy (non-hydrogen) atoms. The van der Waals surface area contributed by atoms with Gasteiger partial charge >= 0.3 is 0 Å². The van der Waals surface area contributed by atoms with Crippen molar-refractivity contribution in [2.45, 2.75) is 0 Å². The summed E-state index contributed by atoms with van der Waals surface area (Å²) in [5, 5.41) is 2.45. The third kappa shape index (κ3) is 3.49. The lowest BCUT2D eigenvalue weighted by Gasteiger charge is -2.05. The number of anilines is 1. The Balaban J connectivity index is 1.75. The Morgan fingerprint density at radius 3 is 2.57 bits per heavy atom. The largest absolute Gasteiger partial charge is 0.305 e. The zero-order valence-corrected chi connectivity index (χ0v) is 12.5. The molecule has 1 N–H and O–H groups in total. The maximum Gasteiger partial charge on any atom is 0.256 e. The maximum absolute atomic E-state index is 13.1. The van der Waals surface area contributed by atoms with Crippen molar-refractivity contribution in [1.82, 2.24) is 15.0 Å². The number of hydrogen-bond acceptors (Lipinski definition) is 4. The molecule has 0 atom stereocenters. The van der Waals surface area contributed by atoms with Crippen molar-refractivity contribution in [2.24, 2.45) is 0 Å². The first-order valence-corrected chi connectivity index (χ1v) is 7.01. The Kier molecular flexibility index (Phi) is 4.25. The van der Waals surface area contributed by atoms with Gasteiger partial charge in [0.2, 0.25) is 0 Å². The molecule has 3 rings (SSSR count). The van der Waals surface area contributed by atoms with Crippen LogP contribution in [0.15, 0.2) is 55.0 Å². The highest BCUT2D eigenvalue weighted by molar-refractivity contribution is 6.31. The molecule has 0 saturated heterocycles. The standard InChI is InChI=1S/C16H10ClFN4O/c17-11-7-10(4-5-12(11)18)16(23)22-15-9-20-14(8-21-15)13-3-1-2-6-19-13/h1-9H,(H,21,22,23). The zero-order chi connectivity index (χ0) is 16.2. The van der Waals surface area contributed by atoms with Gasteiger partial charge in [0.15, 0.2) is 5.82 Å². The van der Waals surface area contributed by atoms with Crippen LogP contribution in [0, 0.1) is 5.82 Å². The number of amides is 1. The minimum Gasteiger partial charge on any atom is -0.305 e. The Hall–Kier alpha value is -2.86. The highest BCUT2D eigenvalue weighted by Crippen LogP contribution is 2.17. The number of rotatable bonds is 3. The summed E-state index contributed by atoms with van der Waals surface area (Å²) in [4.78, 5) is 24.5. The molecule has 0 bridgehead atoms. The number of carbonyl (C=O) groups excluding carboxylic acids is 1. The quantitative estimate of drug-likeness (QED) is 0.798. The van der Waals surface area contributed by atoms with Gasteiger partial charge in [0, 0.05) is 11.8 Å². The summed E-state index contributed by atoms with van der Waals surface area (Å²) in [6.45, 7) is 0. The maximum atomic E-state index is 13.1. The van der Waals surface area contributed by atoms with Crippen molar-refractivity contribution < 1.29 is 9.18 Å². The monoisotopic (exact) mass is 328 g/mol. The van der Waals surface area contributed by atoms with Gasteiger partial charge in [-0.15, -0.1) is 0 Å². The van der Waals surface area contributed by atoms with Crippen LogP contribution < -0.4 is 5.32 Å². The average Bonchev–Trinajstić information content (AvgIpc) is 2.59. The molecule has 0 saturated carbocycles. The summed E-state index contributed by atoms with van der Waals surface area (Å²) in [6, 6.07) is 9.18. The summed E-state index contributed by atoms with van der Waals surface area (Å²) < 4.78 is 13.1. The molecular formula is C16H10ClFN4O. The highest BCUT2D eigenvalue weighted by Gasteiger charge is 2.10. The Morgan fingerprint density at radius 2 is 1.91 bits per heavy atom. The van der Waals surface area contributed by atoms with Crippen LogP contribution in [-0.2, 0) is 0 Å². The van der Waals surface area contributed by atoms with Gasteiger partial charge in [-0.05, 0) is 30.3 Å². The van der Waals surface area contributed by atoms with Gasteiger partial charge in [0.05, 0.1) is 23.1 Å². The van der Waals surface area contributed by atoms with E-state index in [1.54, 1.807) is 12.3 Å². The van der Waals surface area contributed by atoms with Crippen molar-refractivity contribution in [3.05, 3.63) is 71.4 Å². The molecule has 0 aliphatic rings. The molecule has 0 radical (unpaired) electrons. The van der Waals surface area contributed by atoms with E-state index < -0.39 is 11.7 Å². The molecule has 5 nitrogen and oxygen atoms in total. The van der Waals surface area contributed by atoms with Gasteiger partial charge in [-0.2, -0.15) is 0 Å². The van der Waals surface area contributed by atoms with E-state index in [1.165, 1.54) is 24.5 Å². The van der Waals surface area contributed by atoms with Crippen LogP contribution in [0.25, 0.3) is 11.4 Å². The Labute approximate surface area is 136 Å². The van der Waals surface area contributed by atoms with Gasteiger partial charge in [-0.25, -0.2) is 14.4 Å². The number of hydrogen-bond donors (Lipinski definition) is 1. The van der Waals surface area contributed by atoms with Crippen molar-refractivity contribution in [3.63, 3.8) is 0 Å². The van der Waals surface area contributed by atoms with Crippen LogP contribution in [0.4, 0.5) is 10.2 Å². The lowest BCUT2D eigenvalue weighted by atomic mass is 10.2. The van der Waals surface area contributed by atoms with Crippen LogP contribution in [0.3, 0.4) is 0 Å². The molecule has 1 aromatic carbocycles. The van der Waals surface area contributed by atoms with Gasteiger partial charge < -0.3 is 5.32 Å². The van der Waals surface area contributed by atoms with Crippen LogP contribution in [0.5, 0.6) is 0 Å². The molecule has 7 heteroatoms. The SMILES string of the molecule is O=C(Nc1cnc(-c2ccccn2)cn1)c1ccc(F)c(Cl)c1. The van der Waals surface area contributed by atoms with Crippen LogP contribution >= 0.6 is 11.6 Å². The lowest BCUT2D eigenvalue weighted by molar-refractivity contribution is 0.102. The first-order chi connectivity index (χ1) is 11.1. The normalized spacial score (nSPS) is 10.3. The second-order valence-corrected chi connectivity index (χ2v) is 4.99. The van der Waals surface area contributed by atoms with E-state index in [2.05, 4.69) is 20.3 Å². The molecular weight excluding hydrogens is 319 g/mol. The fraction of sp³-hybridized carbons (Fsp3) is 0. The summed E-state index contributed by atoms with van der Waals surface area (Å²) in [5.74, 6) is -0.760. The number of nitrogens with one attached hydrogen (secondary N) is 1. The number of pyridine rings is 1. The second kappa shape index (κ2) is 6.50. The van der Waals surface area contributed by atoms with E-state index in [0.717, 1.165) is 6.07 Å². The van der Waals surface area contributed by atoms with Gasteiger partial charge in [0.1, 0.15) is 11.5 Å². The Morgan fingerprint density at radius 1 is 1.04 bits per heavy atom. The number of halogens is 2. The van der Waals surface area contributed by atoms with Crippen LogP contribution in [0.1, 0.15) is 10.4 Å². The summed E-state index contributed by atoms with van der Waals surface area (Å²) in [6.07, 6.45) is 4.59. The van der Waals surface area contributed by atoms with Crippen molar-refractivity contribution in [2.75, 3.05) is 5.32 Å². The number of nitrogens with zero attached hydrogens (tertiary/aromatic N) is 3.